The summed E-state index contributed by atoms with van der Waals surface area (Å²) >= 11 is 6.70. The highest BCUT2D eigenvalue weighted by molar-refractivity contribution is 6.32. The number of rotatable bonds is 8. The highest BCUT2D eigenvalue weighted by atomic mass is 35.5. The van der Waals surface area contributed by atoms with Crippen molar-refractivity contribution in [3.8, 4) is 16.9 Å². The molecule has 0 spiro atoms. The quantitative estimate of drug-likeness (QED) is 0.287. The molecule has 0 aliphatic heterocycles. The Morgan fingerprint density at radius 1 is 1.19 bits per heavy atom. The summed E-state index contributed by atoms with van der Waals surface area (Å²) in [5.41, 5.74) is 9.79. The molecule has 4 rings (SSSR count). The number of hydrogen-bond acceptors (Lipinski definition) is 9. The largest absolute Gasteiger partial charge is 0.496 e. The van der Waals surface area contributed by atoms with Crippen molar-refractivity contribution in [2.75, 3.05) is 33.0 Å². The zero-order chi connectivity index (χ0) is 30.9. The number of benzene rings is 1. The fourth-order valence-electron chi connectivity index (χ4n) is 4.55. The molecule has 1 aromatic carbocycles. The number of nitrogen functional groups attached to an aromatic ring is 1. The van der Waals surface area contributed by atoms with Crippen molar-refractivity contribution >= 4 is 40.3 Å². The number of pyridine rings is 1. The Balaban J connectivity index is 1.70. The summed E-state index contributed by atoms with van der Waals surface area (Å²) in [6, 6.07) is 4.56. The number of carbonyl (C=O) groups is 2. The number of nitrogens with two attached hydrogens (primary N) is 1. The lowest BCUT2D eigenvalue weighted by Gasteiger charge is -2.22. The number of fused-ring (bicyclic) bond motifs is 1. The Bertz CT molecular complexity index is 1680. The minimum absolute atomic E-state index is 0.00838. The van der Waals surface area contributed by atoms with E-state index >= 15 is 0 Å². The van der Waals surface area contributed by atoms with Gasteiger partial charge >= 0.3 is 12.1 Å². The first-order valence-electron chi connectivity index (χ1n) is 12.5. The fraction of sp³-hybridized carbons (Fsp3) is 0.333. The van der Waals surface area contributed by atoms with Crippen molar-refractivity contribution in [3.05, 3.63) is 58.3 Å². The lowest BCUT2D eigenvalue weighted by atomic mass is 9.94. The summed E-state index contributed by atoms with van der Waals surface area (Å²) in [6.07, 6.45) is -2.33. The molecule has 0 aliphatic rings. The van der Waals surface area contributed by atoms with E-state index < -0.39 is 30.7 Å². The number of nitrogens with zero attached hydrogens (tertiary/aromatic N) is 6. The second-order valence-electron chi connectivity index (χ2n) is 9.43. The molecule has 3 heterocycles. The summed E-state index contributed by atoms with van der Waals surface area (Å²) < 4.78 is 48.9. The molecule has 0 aliphatic carbocycles. The van der Waals surface area contributed by atoms with Crippen LogP contribution in [0.25, 0.3) is 22.2 Å². The number of anilines is 1. The minimum atomic E-state index is -5.12. The third kappa shape index (κ3) is 5.79. The molecular weight excluding hydrogens is 579 g/mol. The van der Waals surface area contributed by atoms with Crippen LogP contribution in [0.3, 0.4) is 0 Å². The van der Waals surface area contributed by atoms with Gasteiger partial charge in [0.05, 0.1) is 30.8 Å². The summed E-state index contributed by atoms with van der Waals surface area (Å²) in [4.78, 5) is 37.7. The number of hydrogen-bond donors (Lipinski definition) is 1. The number of ether oxygens (including phenoxy) is 2. The van der Waals surface area contributed by atoms with Crippen LogP contribution < -0.4 is 10.5 Å². The van der Waals surface area contributed by atoms with E-state index in [1.165, 1.54) is 32.7 Å². The van der Waals surface area contributed by atoms with Gasteiger partial charge in [-0.3, -0.25) is 9.78 Å². The summed E-state index contributed by atoms with van der Waals surface area (Å²) in [6.45, 7) is 4.60. The molecule has 2 N–H and O–H groups in total. The van der Waals surface area contributed by atoms with E-state index in [-0.39, 0.29) is 12.2 Å². The van der Waals surface area contributed by atoms with Gasteiger partial charge in [-0.05, 0) is 50.1 Å². The molecule has 222 valence electrons. The normalized spacial score (nSPS) is 12.3. The van der Waals surface area contributed by atoms with E-state index in [0.717, 1.165) is 4.90 Å². The number of aromatic nitrogens is 5. The highest BCUT2D eigenvalue weighted by Crippen LogP contribution is 2.43. The molecule has 1 atom stereocenters. The maximum Gasteiger partial charge on any atom is 0.490 e. The molecule has 15 heteroatoms. The molecule has 11 nitrogen and oxygen atoms in total. The van der Waals surface area contributed by atoms with Crippen LogP contribution in [0, 0.1) is 13.8 Å². The van der Waals surface area contributed by atoms with Gasteiger partial charge in [-0.15, -0.1) is 0 Å². The van der Waals surface area contributed by atoms with Crippen molar-refractivity contribution in [3.63, 3.8) is 0 Å². The number of amides is 1. The van der Waals surface area contributed by atoms with Gasteiger partial charge in [0.25, 0.3) is 5.91 Å². The Morgan fingerprint density at radius 3 is 2.57 bits per heavy atom. The first-order chi connectivity index (χ1) is 19.8. The van der Waals surface area contributed by atoms with E-state index in [9.17, 15) is 22.8 Å². The smallest absolute Gasteiger partial charge is 0.490 e. The molecule has 0 fully saturated rings. The number of likely N-dealkylation sites (N-methyl/N-ethyl adjacent to an activating group) is 1. The number of methoxy groups -OCH3 is 1. The van der Waals surface area contributed by atoms with Gasteiger partial charge in [0, 0.05) is 29.4 Å². The van der Waals surface area contributed by atoms with Gasteiger partial charge in [-0.1, -0.05) is 11.6 Å². The summed E-state index contributed by atoms with van der Waals surface area (Å²) in [5, 5.41) is 5.71. The Labute approximate surface area is 243 Å². The average molecular weight is 606 g/mol. The SMILES string of the molecule is COc1c(C(C)n2nc(C)c3c(N)ncnc32)cc(Cl)c(C)c1-c1ccnc(C(=O)N(C)CCOC(=O)C(F)(F)F)c1. The highest BCUT2D eigenvalue weighted by Gasteiger charge is 2.40. The molecule has 0 saturated carbocycles. The van der Waals surface area contributed by atoms with Gasteiger partial charge in [-0.2, -0.15) is 18.3 Å². The number of carbonyl (C=O) groups excluding carboxylic acids is 2. The van der Waals surface area contributed by atoms with E-state index in [2.05, 4.69) is 24.8 Å². The molecule has 1 unspecified atom stereocenters. The molecule has 42 heavy (non-hydrogen) atoms. The average Bonchev–Trinajstić information content (AvgIpc) is 3.30. The van der Waals surface area contributed by atoms with Gasteiger partial charge in [-0.25, -0.2) is 19.4 Å². The van der Waals surface area contributed by atoms with Crippen LogP contribution in [0.2, 0.25) is 5.02 Å². The second kappa shape index (κ2) is 11.8. The topological polar surface area (TPSA) is 138 Å². The molecule has 0 saturated heterocycles. The number of aryl methyl sites for hydroxylation is 1. The van der Waals surface area contributed by atoms with Crippen LogP contribution in [0.5, 0.6) is 5.75 Å². The van der Waals surface area contributed by atoms with Crippen molar-refractivity contribution in [2.24, 2.45) is 0 Å². The standard InChI is InChI=1S/C27H27ClF3N7O4/c1-13-18(28)11-17(15(3)38-24-21(14(2)36-38)23(32)34-12-35-24)22(41-5)20(13)16-6-7-33-19(10-16)25(39)37(4)8-9-42-26(40)27(29,30)31/h6-7,10-12,15H,8-9H2,1-5H3,(H2,32,34,35). The third-order valence-electron chi connectivity index (χ3n) is 6.72. The fourth-order valence-corrected chi connectivity index (χ4v) is 4.76. The van der Waals surface area contributed by atoms with Crippen molar-refractivity contribution in [1.82, 2.24) is 29.6 Å². The van der Waals surface area contributed by atoms with Gasteiger partial charge in [0.1, 0.15) is 30.2 Å². The first kappa shape index (κ1) is 30.5. The maximum atomic E-state index is 13.0. The van der Waals surface area contributed by atoms with E-state index in [1.807, 2.05) is 13.8 Å². The zero-order valence-corrected chi connectivity index (χ0v) is 24.0. The molecule has 0 bridgehead atoms. The summed E-state index contributed by atoms with van der Waals surface area (Å²) in [5.74, 6) is -2.14. The van der Waals surface area contributed by atoms with Crippen LogP contribution in [0.15, 0.2) is 30.7 Å². The van der Waals surface area contributed by atoms with Crippen molar-refractivity contribution < 1.29 is 32.2 Å². The maximum absolute atomic E-state index is 13.0. The first-order valence-corrected chi connectivity index (χ1v) is 12.9. The summed E-state index contributed by atoms with van der Waals surface area (Å²) in [7, 11) is 2.87. The third-order valence-corrected chi connectivity index (χ3v) is 7.12. The van der Waals surface area contributed by atoms with Crippen molar-refractivity contribution in [1.29, 1.82) is 0 Å². The van der Waals surface area contributed by atoms with Crippen LogP contribution in [0.4, 0.5) is 19.0 Å². The van der Waals surface area contributed by atoms with Crippen LogP contribution in [0.1, 0.15) is 40.3 Å². The van der Waals surface area contributed by atoms with E-state index in [0.29, 0.717) is 55.6 Å². The molecule has 4 aromatic rings. The molecule has 0 radical (unpaired) electrons. The second-order valence-corrected chi connectivity index (χ2v) is 9.84. The lowest BCUT2D eigenvalue weighted by Crippen LogP contribution is -2.33. The van der Waals surface area contributed by atoms with Gasteiger partial charge in [0.15, 0.2) is 5.65 Å². The van der Waals surface area contributed by atoms with Gasteiger partial charge < -0.3 is 20.1 Å². The molecular formula is C27H27ClF3N7O4. The molecule has 1 amide bonds. The van der Waals surface area contributed by atoms with Gasteiger partial charge in [0.2, 0.25) is 0 Å². The Morgan fingerprint density at radius 2 is 1.90 bits per heavy atom. The van der Waals surface area contributed by atoms with E-state index in [4.69, 9.17) is 22.1 Å². The van der Waals surface area contributed by atoms with Crippen molar-refractivity contribution in [2.45, 2.75) is 33.0 Å². The monoisotopic (exact) mass is 605 g/mol. The van der Waals surface area contributed by atoms with Crippen LogP contribution >= 0.6 is 11.6 Å². The Kier molecular flexibility index (Phi) is 8.57. The molecule has 3 aromatic heterocycles. The minimum Gasteiger partial charge on any atom is -0.496 e. The predicted octanol–water partition coefficient (Wildman–Crippen LogP) is 4.54. The predicted molar refractivity (Wildman–Crippen MR) is 148 cm³/mol. The van der Waals surface area contributed by atoms with E-state index in [1.54, 1.807) is 23.7 Å². The Hall–Kier alpha value is -4.46. The number of alkyl halides is 3. The van der Waals surface area contributed by atoms with Crippen LogP contribution in [-0.2, 0) is 9.53 Å². The lowest BCUT2D eigenvalue weighted by molar-refractivity contribution is -0.199. The van der Waals surface area contributed by atoms with Crippen LogP contribution in [-0.4, -0.2) is 75.0 Å². The number of esters is 1. The number of halogens is 4. The zero-order valence-electron chi connectivity index (χ0n) is 23.3.